The lowest BCUT2D eigenvalue weighted by Gasteiger charge is -2.24. The highest BCUT2D eigenvalue weighted by molar-refractivity contribution is 6.76. The Labute approximate surface area is 104 Å². The molecule has 3 amide bonds. The molecule has 0 unspecified atom stereocenters. The molecular formula is C8H13Cl3N2O2. The standard InChI is InChI=1S/C8H13Cl3N2O2/c1-4-7(2,3)13-6(15)12-5(14)8(9,10)11/h4H2,1-3H3,(H2,12,13,14,15). The average molecular weight is 276 g/mol. The number of amides is 3. The molecule has 0 heterocycles. The molecule has 0 aliphatic carbocycles. The van der Waals surface area contributed by atoms with Crippen LogP contribution < -0.4 is 10.6 Å². The van der Waals surface area contributed by atoms with Gasteiger partial charge in [-0.1, -0.05) is 41.7 Å². The largest absolute Gasteiger partial charge is 0.333 e. The fourth-order valence-electron chi connectivity index (χ4n) is 0.601. The predicted octanol–water partition coefficient (Wildman–Crippen LogP) is 2.37. The van der Waals surface area contributed by atoms with Gasteiger partial charge in [-0.2, -0.15) is 0 Å². The van der Waals surface area contributed by atoms with Crippen molar-refractivity contribution in [2.45, 2.75) is 36.5 Å². The van der Waals surface area contributed by atoms with Crippen molar-refractivity contribution in [3.8, 4) is 0 Å². The van der Waals surface area contributed by atoms with Crippen LogP contribution in [0.15, 0.2) is 0 Å². The first-order valence-electron chi connectivity index (χ1n) is 4.29. The van der Waals surface area contributed by atoms with Crippen molar-refractivity contribution in [3.05, 3.63) is 0 Å². The number of alkyl halides is 3. The summed E-state index contributed by atoms with van der Waals surface area (Å²) in [6, 6.07) is -0.682. The summed E-state index contributed by atoms with van der Waals surface area (Å²) in [7, 11) is 0. The zero-order chi connectivity index (χ0) is 12.3. The Balaban J connectivity index is 4.23. The smallest absolute Gasteiger partial charge is 0.321 e. The van der Waals surface area contributed by atoms with E-state index in [1.165, 1.54) is 0 Å². The van der Waals surface area contributed by atoms with Crippen LogP contribution in [0.25, 0.3) is 0 Å². The number of imide groups is 1. The minimum atomic E-state index is -2.13. The van der Waals surface area contributed by atoms with Gasteiger partial charge in [-0.05, 0) is 20.3 Å². The molecule has 0 fully saturated rings. The molecule has 0 aromatic rings. The van der Waals surface area contributed by atoms with E-state index in [0.717, 1.165) is 0 Å². The molecule has 0 atom stereocenters. The summed E-state index contributed by atoms with van der Waals surface area (Å²) in [5, 5.41) is 4.49. The number of carbonyl (C=O) groups excluding carboxylic acids is 2. The lowest BCUT2D eigenvalue weighted by molar-refractivity contribution is -0.119. The molecular weight excluding hydrogens is 262 g/mol. The summed E-state index contributed by atoms with van der Waals surface area (Å²) in [4.78, 5) is 22.3. The molecule has 0 aliphatic rings. The second kappa shape index (κ2) is 5.23. The minimum Gasteiger partial charge on any atom is -0.333 e. The van der Waals surface area contributed by atoms with Crippen molar-refractivity contribution in [2.24, 2.45) is 0 Å². The van der Waals surface area contributed by atoms with E-state index in [1.54, 1.807) is 0 Å². The molecule has 0 bridgehead atoms. The number of carbonyl (C=O) groups is 2. The Morgan fingerprint density at radius 3 is 2.00 bits per heavy atom. The predicted molar refractivity (Wildman–Crippen MR) is 61.3 cm³/mol. The summed E-state index contributed by atoms with van der Waals surface area (Å²) in [5.74, 6) is -0.975. The van der Waals surface area contributed by atoms with Crippen LogP contribution in [0.2, 0.25) is 0 Å². The molecule has 0 aromatic heterocycles. The molecule has 0 aromatic carbocycles. The third kappa shape index (κ3) is 6.07. The van der Waals surface area contributed by atoms with Crippen LogP contribution in [0.3, 0.4) is 0 Å². The van der Waals surface area contributed by atoms with Gasteiger partial charge in [0, 0.05) is 5.54 Å². The van der Waals surface area contributed by atoms with E-state index in [4.69, 9.17) is 34.8 Å². The zero-order valence-corrected chi connectivity index (χ0v) is 10.9. The van der Waals surface area contributed by atoms with Gasteiger partial charge in [-0.25, -0.2) is 4.79 Å². The van der Waals surface area contributed by atoms with E-state index in [-0.39, 0.29) is 0 Å². The van der Waals surface area contributed by atoms with Crippen LogP contribution in [0.5, 0.6) is 0 Å². The maximum absolute atomic E-state index is 11.3. The van der Waals surface area contributed by atoms with Gasteiger partial charge in [0.05, 0.1) is 0 Å². The molecule has 4 nitrogen and oxygen atoms in total. The summed E-state index contributed by atoms with van der Waals surface area (Å²) in [5.41, 5.74) is -0.419. The van der Waals surface area contributed by atoms with Gasteiger partial charge in [-0.3, -0.25) is 10.1 Å². The zero-order valence-electron chi connectivity index (χ0n) is 8.66. The van der Waals surface area contributed by atoms with Gasteiger partial charge in [0.15, 0.2) is 0 Å². The van der Waals surface area contributed by atoms with Gasteiger partial charge in [-0.15, -0.1) is 0 Å². The molecule has 0 rings (SSSR count). The quantitative estimate of drug-likeness (QED) is 0.760. The van der Waals surface area contributed by atoms with E-state index in [0.29, 0.717) is 6.42 Å². The van der Waals surface area contributed by atoms with E-state index in [2.05, 4.69) is 5.32 Å². The number of halogens is 3. The topological polar surface area (TPSA) is 58.2 Å². The Bertz CT molecular complexity index is 261. The van der Waals surface area contributed by atoms with Crippen molar-refractivity contribution < 1.29 is 9.59 Å². The summed E-state index contributed by atoms with van der Waals surface area (Å²) >= 11 is 15.8. The van der Waals surface area contributed by atoms with E-state index in [9.17, 15) is 9.59 Å². The van der Waals surface area contributed by atoms with Crippen molar-refractivity contribution in [3.63, 3.8) is 0 Å². The van der Waals surface area contributed by atoms with E-state index >= 15 is 0 Å². The van der Waals surface area contributed by atoms with Gasteiger partial charge < -0.3 is 5.32 Å². The Morgan fingerprint density at radius 1 is 1.20 bits per heavy atom. The Hall–Kier alpha value is -0.190. The minimum absolute atomic E-state index is 0.419. The van der Waals surface area contributed by atoms with Gasteiger partial charge >= 0.3 is 6.03 Å². The monoisotopic (exact) mass is 274 g/mol. The highest BCUT2D eigenvalue weighted by Crippen LogP contribution is 2.25. The SMILES string of the molecule is CCC(C)(C)NC(=O)NC(=O)C(Cl)(Cl)Cl. The van der Waals surface area contributed by atoms with Gasteiger partial charge in [0.25, 0.3) is 9.70 Å². The van der Waals surface area contributed by atoms with Crippen LogP contribution in [0.1, 0.15) is 27.2 Å². The third-order valence-corrected chi connectivity index (χ3v) is 2.34. The summed E-state index contributed by atoms with van der Waals surface area (Å²) < 4.78 is -2.13. The van der Waals surface area contributed by atoms with Crippen LogP contribution in [-0.2, 0) is 4.79 Å². The number of hydrogen-bond acceptors (Lipinski definition) is 2. The van der Waals surface area contributed by atoms with Crippen molar-refractivity contribution >= 4 is 46.7 Å². The van der Waals surface area contributed by atoms with E-state index < -0.39 is 21.3 Å². The van der Waals surface area contributed by atoms with Crippen molar-refractivity contribution in [1.29, 1.82) is 0 Å². The number of hydrogen-bond donors (Lipinski definition) is 2. The molecule has 88 valence electrons. The Kier molecular flexibility index (Phi) is 5.17. The lowest BCUT2D eigenvalue weighted by Crippen LogP contribution is -2.51. The van der Waals surface area contributed by atoms with Gasteiger partial charge in [0.1, 0.15) is 0 Å². The molecule has 15 heavy (non-hydrogen) atoms. The molecule has 0 saturated heterocycles. The van der Waals surface area contributed by atoms with Crippen LogP contribution >= 0.6 is 34.8 Å². The average Bonchev–Trinajstić information content (AvgIpc) is 2.01. The number of rotatable bonds is 2. The highest BCUT2D eigenvalue weighted by Gasteiger charge is 2.32. The molecule has 2 N–H and O–H groups in total. The van der Waals surface area contributed by atoms with Crippen molar-refractivity contribution in [2.75, 3.05) is 0 Å². The molecule has 0 spiro atoms. The molecule has 0 radical (unpaired) electrons. The van der Waals surface area contributed by atoms with Crippen molar-refractivity contribution in [1.82, 2.24) is 10.6 Å². The molecule has 0 saturated carbocycles. The fourth-order valence-corrected chi connectivity index (χ4v) is 0.743. The highest BCUT2D eigenvalue weighted by atomic mass is 35.6. The second-order valence-electron chi connectivity index (χ2n) is 3.64. The maximum atomic E-state index is 11.3. The van der Waals surface area contributed by atoms with Crippen LogP contribution in [-0.4, -0.2) is 21.3 Å². The first-order valence-corrected chi connectivity index (χ1v) is 5.42. The van der Waals surface area contributed by atoms with Crippen LogP contribution in [0, 0.1) is 0 Å². The first-order chi connectivity index (χ1) is 6.58. The fraction of sp³-hybridized carbons (Fsp3) is 0.750. The Morgan fingerprint density at radius 2 is 1.67 bits per heavy atom. The summed E-state index contributed by atoms with van der Waals surface area (Å²) in [6.07, 6.45) is 0.711. The van der Waals surface area contributed by atoms with Crippen LogP contribution in [0.4, 0.5) is 4.79 Å². The molecule has 7 heteroatoms. The molecule has 0 aliphatic heterocycles. The summed E-state index contributed by atoms with van der Waals surface area (Å²) in [6.45, 7) is 5.52. The second-order valence-corrected chi connectivity index (χ2v) is 5.92. The first kappa shape index (κ1) is 14.8. The lowest BCUT2D eigenvalue weighted by atomic mass is 10.0. The van der Waals surface area contributed by atoms with Gasteiger partial charge in [0.2, 0.25) is 0 Å². The van der Waals surface area contributed by atoms with E-state index in [1.807, 2.05) is 26.1 Å². The maximum Gasteiger partial charge on any atom is 0.321 e. The number of urea groups is 1. The third-order valence-electron chi connectivity index (χ3n) is 1.82. The normalized spacial score (nSPS) is 12.1. The number of nitrogens with one attached hydrogen (secondary N) is 2.